The number of hydrogen-bond acceptors (Lipinski definition) is 7. The van der Waals surface area contributed by atoms with Crippen molar-refractivity contribution in [1.29, 1.82) is 0 Å². The van der Waals surface area contributed by atoms with Crippen LogP contribution in [0.1, 0.15) is 43.4 Å². The molecular weight excluding hydrogens is 567 g/mol. The molecule has 1 atom stereocenters. The number of likely N-dealkylation sites (tertiary alicyclic amines) is 1. The molecule has 0 saturated carbocycles. The Hall–Kier alpha value is -2.87. The zero-order valence-corrected chi connectivity index (χ0v) is 22.4. The summed E-state index contributed by atoms with van der Waals surface area (Å²) in [6.45, 7) is 2.70. The van der Waals surface area contributed by atoms with E-state index in [0.29, 0.717) is 31.7 Å². The topological polar surface area (TPSA) is 109 Å². The Kier molecular flexibility index (Phi) is 10.4. The molecule has 2 heterocycles. The first-order valence-electron chi connectivity index (χ1n) is 11.3. The fraction of sp³-hybridized carbons (Fsp3) is 0.333. The van der Waals surface area contributed by atoms with Crippen molar-refractivity contribution in [3.63, 3.8) is 0 Å². The lowest BCUT2D eigenvalue weighted by molar-refractivity contribution is -0.122. The molecular formula is C24H25ClF3N3O5S2. The maximum Gasteiger partial charge on any atom is 0.290 e. The molecule has 1 saturated heterocycles. The van der Waals surface area contributed by atoms with E-state index in [2.05, 4.69) is 9.71 Å². The molecule has 0 aliphatic carbocycles. The summed E-state index contributed by atoms with van der Waals surface area (Å²) in [7, 11) is -3.84. The number of carbonyl (C=O) groups is 1. The van der Waals surface area contributed by atoms with Gasteiger partial charge in [0, 0.05) is 35.6 Å². The normalized spacial score (nSPS) is 15.4. The highest BCUT2D eigenvalue weighted by Crippen LogP contribution is 2.33. The van der Waals surface area contributed by atoms with E-state index in [4.69, 9.17) is 26.2 Å². The number of hydrogen-bond donors (Lipinski definition) is 2. The van der Waals surface area contributed by atoms with Crippen LogP contribution in [0.3, 0.4) is 0 Å². The third-order valence-electron chi connectivity index (χ3n) is 5.92. The summed E-state index contributed by atoms with van der Waals surface area (Å²) < 4.78 is 73.9. The number of carboxylic acid groups (broad SMARTS) is 1. The highest BCUT2D eigenvalue weighted by Gasteiger charge is 2.27. The van der Waals surface area contributed by atoms with Gasteiger partial charge in [-0.2, -0.15) is 0 Å². The van der Waals surface area contributed by atoms with Crippen LogP contribution in [0, 0.1) is 5.82 Å². The fourth-order valence-corrected chi connectivity index (χ4v) is 5.85. The summed E-state index contributed by atoms with van der Waals surface area (Å²) in [6, 6.07) is 7.29. The Morgan fingerprint density at radius 1 is 1.24 bits per heavy atom. The van der Waals surface area contributed by atoms with Crippen LogP contribution in [-0.4, -0.2) is 49.1 Å². The number of sulfonamides is 1. The Balaban J connectivity index is 0.00000127. The summed E-state index contributed by atoms with van der Waals surface area (Å²) >= 11 is 7.58. The van der Waals surface area contributed by atoms with Crippen molar-refractivity contribution >= 4 is 45.3 Å². The molecule has 1 aromatic heterocycles. The van der Waals surface area contributed by atoms with Crippen LogP contribution in [0.25, 0.3) is 0 Å². The average molecular weight is 592 g/mol. The molecule has 4 rings (SSSR count). The first-order valence-corrected chi connectivity index (χ1v) is 14.1. The molecule has 8 nitrogen and oxygen atoms in total. The molecule has 206 valence electrons. The quantitative estimate of drug-likeness (QED) is 0.310. The van der Waals surface area contributed by atoms with Gasteiger partial charge in [0.1, 0.15) is 17.7 Å². The van der Waals surface area contributed by atoms with Crippen LogP contribution in [0.2, 0.25) is 5.02 Å². The number of aromatic nitrogens is 1. The van der Waals surface area contributed by atoms with Gasteiger partial charge in [0.05, 0.1) is 15.4 Å². The van der Waals surface area contributed by atoms with Crippen molar-refractivity contribution in [3.8, 4) is 5.75 Å². The minimum atomic E-state index is -3.84. The Morgan fingerprint density at radius 3 is 2.50 bits per heavy atom. The van der Waals surface area contributed by atoms with Gasteiger partial charge in [0.2, 0.25) is 0 Å². The molecule has 1 fully saturated rings. The van der Waals surface area contributed by atoms with Gasteiger partial charge in [-0.05, 0) is 50.1 Å². The van der Waals surface area contributed by atoms with Gasteiger partial charge >= 0.3 is 0 Å². The van der Waals surface area contributed by atoms with Crippen molar-refractivity contribution in [2.75, 3.05) is 17.8 Å². The molecule has 0 amide bonds. The zero-order chi connectivity index (χ0) is 27.9. The van der Waals surface area contributed by atoms with Gasteiger partial charge in [0.15, 0.2) is 5.82 Å². The fourth-order valence-electron chi connectivity index (χ4n) is 3.98. The number of thiazole rings is 1. The van der Waals surface area contributed by atoms with Gasteiger partial charge < -0.3 is 9.84 Å². The number of alkyl halides is 2. The van der Waals surface area contributed by atoms with E-state index in [9.17, 15) is 21.6 Å². The van der Waals surface area contributed by atoms with Crippen molar-refractivity contribution in [1.82, 2.24) is 9.88 Å². The molecule has 2 N–H and O–H groups in total. The van der Waals surface area contributed by atoms with Gasteiger partial charge in [-0.25, -0.2) is 26.6 Å². The smallest absolute Gasteiger partial charge is 0.290 e. The second kappa shape index (κ2) is 13.3. The number of piperidine rings is 1. The third-order valence-corrected chi connectivity index (χ3v) is 8.16. The first kappa shape index (κ1) is 29.7. The minimum Gasteiger partial charge on any atom is -0.489 e. The zero-order valence-electron chi connectivity index (χ0n) is 20.1. The molecule has 2 aromatic carbocycles. The Morgan fingerprint density at radius 2 is 1.92 bits per heavy atom. The highest BCUT2D eigenvalue weighted by molar-refractivity contribution is 7.92. The monoisotopic (exact) mass is 591 g/mol. The molecule has 1 aliphatic rings. The molecule has 1 aliphatic heterocycles. The van der Waals surface area contributed by atoms with Crippen molar-refractivity contribution in [2.24, 2.45) is 0 Å². The summed E-state index contributed by atoms with van der Waals surface area (Å²) in [6.07, 6.45) is -1.61. The van der Waals surface area contributed by atoms with Crippen LogP contribution >= 0.6 is 22.9 Å². The standard InChI is InChI=1S/C23H23ClF3N3O3S2.CH2O2/c1-14(18-10-15(23(26)27)2-4-20(18)25)30-8-6-16(7-9-30)33-21-5-3-17(11-19(21)24)35(31,32)29-22-12-34-13-28-22;2-1-3/h2-5,10-14,16,23,29H,6-9H2,1H3;1H,(H,2,3)/t14-;/m1./s1. The van der Waals surface area contributed by atoms with Gasteiger partial charge in [-0.3, -0.25) is 14.4 Å². The molecule has 0 radical (unpaired) electrons. The Labute approximate surface area is 227 Å². The van der Waals surface area contributed by atoms with Crippen LogP contribution < -0.4 is 9.46 Å². The first-order chi connectivity index (χ1) is 18.1. The van der Waals surface area contributed by atoms with Crippen LogP contribution in [-0.2, 0) is 14.8 Å². The van der Waals surface area contributed by atoms with Gasteiger partial charge in [-0.15, -0.1) is 11.3 Å². The van der Waals surface area contributed by atoms with Crippen LogP contribution in [0.5, 0.6) is 5.75 Å². The molecule has 0 bridgehead atoms. The number of ether oxygens (including phenoxy) is 1. The van der Waals surface area contributed by atoms with E-state index in [1.807, 2.05) is 4.90 Å². The summed E-state index contributed by atoms with van der Waals surface area (Å²) in [4.78, 5) is 14.3. The molecule has 0 unspecified atom stereocenters. The minimum absolute atomic E-state index is 0.0143. The SMILES string of the molecule is C[C@H](c1cc(C(F)F)ccc1F)N1CCC(Oc2ccc(S(=O)(=O)Nc3cscn3)cc2Cl)CC1.O=CO. The van der Waals surface area contributed by atoms with Crippen molar-refractivity contribution in [3.05, 3.63) is 69.3 Å². The van der Waals surface area contributed by atoms with E-state index in [1.54, 1.807) is 12.3 Å². The number of halogens is 4. The average Bonchev–Trinajstić information content (AvgIpc) is 3.38. The highest BCUT2D eigenvalue weighted by atomic mass is 35.5. The maximum atomic E-state index is 14.3. The summed E-state index contributed by atoms with van der Waals surface area (Å²) in [5, 5.41) is 8.63. The molecule has 14 heteroatoms. The molecule has 38 heavy (non-hydrogen) atoms. The van der Waals surface area contributed by atoms with E-state index < -0.39 is 22.3 Å². The Bertz CT molecular complexity index is 1320. The predicted molar refractivity (Wildman–Crippen MR) is 138 cm³/mol. The van der Waals surface area contributed by atoms with E-state index in [1.165, 1.54) is 41.1 Å². The third kappa shape index (κ3) is 7.59. The van der Waals surface area contributed by atoms with Crippen LogP contribution in [0.4, 0.5) is 19.0 Å². The number of nitrogens with zero attached hydrogens (tertiary/aromatic N) is 2. The molecule has 0 spiro atoms. The number of benzene rings is 2. The molecule has 3 aromatic rings. The van der Waals surface area contributed by atoms with Gasteiger partial charge in [0.25, 0.3) is 22.9 Å². The second-order valence-electron chi connectivity index (χ2n) is 8.29. The maximum absolute atomic E-state index is 14.3. The lowest BCUT2D eigenvalue weighted by Crippen LogP contribution is -2.39. The lowest BCUT2D eigenvalue weighted by atomic mass is 9.99. The van der Waals surface area contributed by atoms with Crippen molar-refractivity contribution < 1.29 is 36.2 Å². The number of rotatable bonds is 8. The van der Waals surface area contributed by atoms with Crippen LogP contribution in [0.15, 0.2) is 52.2 Å². The van der Waals surface area contributed by atoms with E-state index in [0.717, 1.165) is 12.1 Å². The van der Waals surface area contributed by atoms with Crippen molar-refractivity contribution in [2.45, 2.75) is 43.2 Å². The summed E-state index contributed by atoms with van der Waals surface area (Å²) in [5.41, 5.74) is 1.56. The number of anilines is 1. The summed E-state index contributed by atoms with van der Waals surface area (Å²) in [5.74, 6) is 0.0843. The second-order valence-corrected chi connectivity index (χ2v) is 11.1. The number of nitrogens with one attached hydrogen (secondary N) is 1. The predicted octanol–water partition coefficient (Wildman–Crippen LogP) is 5.98. The lowest BCUT2D eigenvalue weighted by Gasteiger charge is -2.36. The van der Waals surface area contributed by atoms with E-state index >= 15 is 0 Å². The van der Waals surface area contributed by atoms with E-state index in [-0.39, 0.29) is 45.5 Å². The van der Waals surface area contributed by atoms with Gasteiger partial charge in [-0.1, -0.05) is 17.7 Å². The largest absolute Gasteiger partial charge is 0.489 e.